The zero-order chi connectivity index (χ0) is 12.0. The molecule has 94 valence electrons. The molecule has 1 fully saturated rings. The predicted octanol–water partition coefficient (Wildman–Crippen LogP) is 1.64. The minimum absolute atomic E-state index is 0.338. The van der Waals surface area contributed by atoms with Crippen LogP contribution in [0, 0.1) is 5.92 Å². The summed E-state index contributed by atoms with van der Waals surface area (Å²) < 4.78 is 5.56. The molecule has 3 nitrogen and oxygen atoms in total. The van der Waals surface area contributed by atoms with Crippen molar-refractivity contribution in [3.63, 3.8) is 0 Å². The van der Waals surface area contributed by atoms with Crippen LogP contribution in [0.25, 0.3) is 0 Å². The summed E-state index contributed by atoms with van der Waals surface area (Å²) in [5, 5.41) is 0. The van der Waals surface area contributed by atoms with E-state index in [0.29, 0.717) is 18.1 Å². The minimum atomic E-state index is 0.338. The summed E-state index contributed by atoms with van der Waals surface area (Å²) in [5.41, 5.74) is 5.91. The van der Waals surface area contributed by atoms with E-state index >= 15 is 0 Å². The molecule has 0 radical (unpaired) electrons. The molecule has 1 rings (SSSR count). The van der Waals surface area contributed by atoms with E-state index in [0.717, 1.165) is 32.7 Å². The van der Waals surface area contributed by atoms with Gasteiger partial charge in [-0.05, 0) is 19.3 Å². The van der Waals surface area contributed by atoms with Gasteiger partial charge in [0.2, 0.25) is 0 Å². The molecule has 0 bridgehead atoms. The zero-order valence-corrected chi connectivity index (χ0v) is 10.9. The van der Waals surface area contributed by atoms with E-state index in [4.69, 9.17) is 10.5 Å². The number of hydrogen-bond donors (Lipinski definition) is 1. The number of ether oxygens (including phenoxy) is 1. The highest BCUT2D eigenvalue weighted by Crippen LogP contribution is 2.16. The van der Waals surface area contributed by atoms with Crippen molar-refractivity contribution in [2.45, 2.75) is 39.3 Å². The quantitative estimate of drug-likeness (QED) is 0.724. The third-order valence-electron chi connectivity index (χ3n) is 3.27. The maximum absolute atomic E-state index is 5.91. The summed E-state index contributed by atoms with van der Waals surface area (Å²) in [6.45, 7) is 10.1. The normalized spacial score (nSPS) is 27.1. The lowest BCUT2D eigenvalue weighted by Crippen LogP contribution is -2.51. The molecule has 16 heavy (non-hydrogen) atoms. The van der Waals surface area contributed by atoms with Crippen LogP contribution in [0.3, 0.4) is 0 Å². The molecule has 1 saturated heterocycles. The zero-order valence-electron chi connectivity index (χ0n) is 10.9. The first kappa shape index (κ1) is 13.7. The molecule has 2 N–H and O–H groups in total. The molecule has 3 heteroatoms. The maximum atomic E-state index is 5.91. The van der Waals surface area contributed by atoms with Crippen molar-refractivity contribution in [2.24, 2.45) is 11.7 Å². The number of morpholine rings is 1. The summed E-state index contributed by atoms with van der Waals surface area (Å²) in [4.78, 5) is 2.47. The van der Waals surface area contributed by atoms with Gasteiger partial charge in [-0.1, -0.05) is 26.0 Å². The lowest BCUT2D eigenvalue weighted by Gasteiger charge is -2.38. The average Bonchev–Trinajstić information content (AvgIpc) is 2.27. The van der Waals surface area contributed by atoms with Crippen molar-refractivity contribution in [1.29, 1.82) is 0 Å². The van der Waals surface area contributed by atoms with Crippen molar-refractivity contribution < 1.29 is 4.74 Å². The second-order valence-corrected chi connectivity index (χ2v) is 4.67. The summed E-state index contributed by atoms with van der Waals surface area (Å²) in [6.07, 6.45) is 5.96. The Bertz CT molecular complexity index is 218. The lowest BCUT2D eigenvalue weighted by atomic mass is 9.98. The van der Waals surface area contributed by atoms with Gasteiger partial charge in [-0.15, -0.1) is 0 Å². The Hall–Kier alpha value is -0.380. The summed E-state index contributed by atoms with van der Waals surface area (Å²) >= 11 is 0. The van der Waals surface area contributed by atoms with Crippen LogP contribution in [0.4, 0.5) is 0 Å². The number of hydrogen-bond acceptors (Lipinski definition) is 3. The van der Waals surface area contributed by atoms with Crippen LogP contribution < -0.4 is 5.73 Å². The average molecular weight is 226 g/mol. The van der Waals surface area contributed by atoms with Crippen molar-refractivity contribution in [1.82, 2.24) is 4.90 Å². The van der Waals surface area contributed by atoms with Gasteiger partial charge in [-0.25, -0.2) is 0 Å². The van der Waals surface area contributed by atoms with Gasteiger partial charge in [0, 0.05) is 25.7 Å². The fraction of sp³-hybridized carbons (Fsp3) is 0.846. The van der Waals surface area contributed by atoms with Crippen molar-refractivity contribution in [2.75, 3.05) is 26.2 Å². The number of nitrogens with zero attached hydrogens (tertiary/aromatic N) is 1. The van der Waals surface area contributed by atoms with Gasteiger partial charge in [-0.3, -0.25) is 4.90 Å². The van der Waals surface area contributed by atoms with Crippen LogP contribution >= 0.6 is 0 Å². The third kappa shape index (κ3) is 3.89. The van der Waals surface area contributed by atoms with E-state index in [9.17, 15) is 0 Å². The first-order chi connectivity index (χ1) is 7.69. The molecule has 0 amide bonds. The molecule has 1 aliphatic rings. The molecule has 2 unspecified atom stereocenters. The maximum Gasteiger partial charge on any atom is 0.0674 e. The van der Waals surface area contributed by atoms with E-state index in [1.165, 1.54) is 0 Å². The van der Waals surface area contributed by atoms with Crippen LogP contribution in [-0.4, -0.2) is 43.3 Å². The van der Waals surface area contributed by atoms with Gasteiger partial charge < -0.3 is 10.5 Å². The van der Waals surface area contributed by atoms with E-state index < -0.39 is 0 Å². The first-order valence-electron chi connectivity index (χ1n) is 6.41. The minimum Gasteiger partial charge on any atom is -0.376 e. The van der Waals surface area contributed by atoms with Gasteiger partial charge in [0.25, 0.3) is 0 Å². The van der Waals surface area contributed by atoms with Crippen LogP contribution in [0.5, 0.6) is 0 Å². The van der Waals surface area contributed by atoms with Crippen molar-refractivity contribution in [3.05, 3.63) is 12.2 Å². The fourth-order valence-corrected chi connectivity index (χ4v) is 2.32. The predicted molar refractivity (Wildman–Crippen MR) is 68.4 cm³/mol. The summed E-state index contributed by atoms with van der Waals surface area (Å²) in [7, 11) is 0. The third-order valence-corrected chi connectivity index (χ3v) is 3.27. The highest BCUT2D eigenvalue weighted by molar-refractivity contribution is 4.94. The van der Waals surface area contributed by atoms with E-state index in [1.54, 1.807) is 0 Å². The fourth-order valence-electron chi connectivity index (χ4n) is 2.32. The highest BCUT2D eigenvalue weighted by Gasteiger charge is 2.26. The van der Waals surface area contributed by atoms with E-state index in [-0.39, 0.29) is 0 Å². The standard InChI is InChI=1S/C13H26N2O/c1-4-5-6-11(2)13(9-14)15-7-8-16-12(3)10-15/h5-6,11-13H,4,7-10,14H2,1-3H3/b6-5-/t11?,12-,13?/m1/s1. The Kier molecular flexibility index (Phi) is 6.03. The second kappa shape index (κ2) is 7.05. The summed E-state index contributed by atoms with van der Waals surface area (Å²) in [6, 6.07) is 0.453. The van der Waals surface area contributed by atoms with E-state index in [2.05, 4.69) is 37.8 Å². The van der Waals surface area contributed by atoms with Crippen molar-refractivity contribution >= 4 is 0 Å². The monoisotopic (exact) mass is 226 g/mol. The topological polar surface area (TPSA) is 38.5 Å². The Morgan fingerprint density at radius 1 is 1.56 bits per heavy atom. The molecule has 1 aliphatic heterocycles. The molecule has 0 aliphatic carbocycles. The molecular formula is C13H26N2O. The Morgan fingerprint density at radius 2 is 2.31 bits per heavy atom. The van der Waals surface area contributed by atoms with Crippen LogP contribution in [0.1, 0.15) is 27.2 Å². The molecule has 1 heterocycles. The Labute approximate surface area is 99.6 Å². The number of rotatable bonds is 5. The van der Waals surface area contributed by atoms with E-state index in [1.807, 2.05) is 0 Å². The van der Waals surface area contributed by atoms with Gasteiger partial charge in [-0.2, -0.15) is 0 Å². The van der Waals surface area contributed by atoms with Crippen molar-refractivity contribution in [3.8, 4) is 0 Å². The Balaban J connectivity index is 2.54. The van der Waals surface area contributed by atoms with Crippen LogP contribution in [0.2, 0.25) is 0 Å². The highest BCUT2D eigenvalue weighted by atomic mass is 16.5. The smallest absolute Gasteiger partial charge is 0.0674 e. The molecule has 3 atom stereocenters. The number of allylic oxidation sites excluding steroid dienone is 1. The van der Waals surface area contributed by atoms with Crippen LogP contribution in [-0.2, 0) is 4.74 Å². The molecule has 0 aromatic carbocycles. The molecule has 0 saturated carbocycles. The molecular weight excluding hydrogens is 200 g/mol. The SMILES string of the molecule is CC/C=C\C(C)C(CN)N1CCO[C@H](C)C1. The van der Waals surface area contributed by atoms with Gasteiger partial charge >= 0.3 is 0 Å². The van der Waals surface area contributed by atoms with Gasteiger partial charge in [0.15, 0.2) is 0 Å². The van der Waals surface area contributed by atoms with Crippen LogP contribution in [0.15, 0.2) is 12.2 Å². The Morgan fingerprint density at radius 3 is 2.88 bits per heavy atom. The largest absolute Gasteiger partial charge is 0.376 e. The first-order valence-corrected chi connectivity index (χ1v) is 6.41. The summed E-state index contributed by atoms with van der Waals surface area (Å²) in [5.74, 6) is 0.523. The van der Waals surface area contributed by atoms with Gasteiger partial charge in [0.1, 0.15) is 0 Å². The second-order valence-electron chi connectivity index (χ2n) is 4.67. The molecule has 0 aromatic heterocycles. The number of nitrogens with two attached hydrogens (primary N) is 1. The molecule has 0 aromatic rings. The lowest BCUT2D eigenvalue weighted by molar-refractivity contribution is -0.0377. The van der Waals surface area contributed by atoms with Gasteiger partial charge in [0.05, 0.1) is 12.7 Å². The molecule has 0 spiro atoms.